The predicted octanol–water partition coefficient (Wildman–Crippen LogP) is 4.08. The van der Waals surface area contributed by atoms with Crippen molar-refractivity contribution in [2.24, 2.45) is 0 Å². The molecule has 4 N–H and O–H groups in total. The van der Waals surface area contributed by atoms with E-state index in [9.17, 15) is 0 Å². The monoisotopic (exact) mass is 402 g/mol. The Morgan fingerprint density at radius 3 is 2.50 bits per heavy atom. The van der Waals surface area contributed by atoms with E-state index >= 15 is 0 Å². The first-order valence-corrected chi connectivity index (χ1v) is 9.32. The fourth-order valence-electron chi connectivity index (χ4n) is 3.24. The average Bonchev–Trinajstić information content (AvgIpc) is 2.79. The van der Waals surface area contributed by atoms with Crippen molar-refractivity contribution < 1.29 is 9.47 Å². The highest BCUT2D eigenvalue weighted by molar-refractivity contribution is 5.85. The largest absolute Gasteiger partial charge is 0.493 e. The second-order valence-electron chi connectivity index (χ2n) is 6.51. The van der Waals surface area contributed by atoms with Gasteiger partial charge in [-0.2, -0.15) is 0 Å². The van der Waals surface area contributed by atoms with Gasteiger partial charge in [0.25, 0.3) is 0 Å². The Hall–Kier alpha value is -4.07. The zero-order valence-corrected chi connectivity index (χ0v) is 16.9. The summed E-state index contributed by atoms with van der Waals surface area (Å²) in [6.07, 6.45) is 3.40. The number of rotatable bonds is 6. The highest BCUT2D eigenvalue weighted by Crippen LogP contribution is 2.38. The molecule has 0 saturated heterocycles. The van der Waals surface area contributed by atoms with E-state index in [-0.39, 0.29) is 0 Å². The number of hydrogen-bond donors (Lipinski definition) is 3. The Balaban J connectivity index is 1.75. The number of methoxy groups -OCH3 is 2. The molecule has 0 saturated carbocycles. The van der Waals surface area contributed by atoms with E-state index in [2.05, 4.69) is 25.6 Å². The Morgan fingerprint density at radius 1 is 0.933 bits per heavy atom. The van der Waals surface area contributed by atoms with Gasteiger partial charge in [-0.15, -0.1) is 0 Å². The second-order valence-corrected chi connectivity index (χ2v) is 6.51. The Morgan fingerprint density at radius 2 is 1.73 bits per heavy atom. The zero-order chi connectivity index (χ0) is 21.1. The minimum atomic E-state index is 0.383. The lowest BCUT2D eigenvalue weighted by molar-refractivity contribution is 0.413. The Kier molecular flexibility index (Phi) is 5.21. The molecule has 2 aromatic heterocycles. The van der Waals surface area contributed by atoms with Gasteiger partial charge in [0.15, 0.2) is 11.5 Å². The van der Waals surface area contributed by atoms with Crippen LogP contribution in [0.1, 0.15) is 0 Å². The van der Waals surface area contributed by atoms with Crippen LogP contribution in [-0.4, -0.2) is 36.2 Å². The molecular formula is C22H22N6O2. The molecule has 0 aliphatic carbocycles. The standard InChI is InChI=1S/C22H22N6O2/c1-24-16-8-9-17(21(30-3)19(16)23)27-22-26-12-18(29-2)20(28-22)14-10-13-6-4-5-7-15(13)25-11-14/h4-12,24H,23H2,1-3H3,(H,26,27,28). The molecule has 0 atom stereocenters. The van der Waals surface area contributed by atoms with Crippen LogP contribution in [0.4, 0.5) is 23.0 Å². The number of nitrogens with two attached hydrogens (primary N) is 1. The maximum atomic E-state index is 6.18. The number of para-hydroxylation sites is 1. The van der Waals surface area contributed by atoms with Crippen molar-refractivity contribution in [1.82, 2.24) is 15.0 Å². The van der Waals surface area contributed by atoms with Gasteiger partial charge in [0, 0.05) is 24.2 Å². The van der Waals surface area contributed by atoms with Crippen molar-refractivity contribution in [3.8, 4) is 22.8 Å². The fraction of sp³-hybridized carbons (Fsp3) is 0.136. The van der Waals surface area contributed by atoms with E-state index in [1.807, 2.05) is 42.5 Å². The number of nitrogens with one attached hydrogen (secondary N) is 2. The number of hydrogen-bond acceptors (Lipinski definition) is 8. The highest BCUT2D eigenvalue weighted by atomic mass is 16.5. The first kappa shape index (κ1) is 19.3. The molecule has 2 heterocycles. The van der Waals surface area contributed by atoms with Gasteiger partial charge in [-0.1, -0.05) is 18.2 Å². The number of aromatic nitrogens is 3. The molecule has 0 aliphatic rings. The summed E-state index contributed by atoms with van der Waals surface area (Å²) in [5, 5.41) is 7.23. The van der Waals surface area contributed by atoms with Crippen molar-refractivity contribution in [3.05, 3.63) is 54.9 Å². The van der Waals surface area contributed by atoms with Gasteiger partial charge in [-0.25, -0.2) is 9.97 Å². The van der Waals surface area contributed by atoms with Crippen LogP contribution in [0.15, 0.2) is 54.9 Å². The number of benzene rings is 2. The molecule has 4 aromatic rings. The van der Waals surface area contributed by atoms with Gasteiger partial charge in [-0.3, -0.25) is 4.98 Å². The molecular weight excluding hydrogens is 380 g/mol. The zero-order valence-electron chi connectivity index (χ0n) is 16.9. The van der Waals surface area contributed by atoms with E-state index in [0.29, 0.717) is 34.5 Å². The van der Waals surface area contributed by atoms with Crippen LogP contribution in [-0.2, 0) is 0 Å². The van der Waals surface area contributed by atoms with Crippen LogP contribution < -0.4 is 25.8 Å². The van der Waals surface area contributed by atoms with Crippen LogP contribution in [0.3, 0.4) is 0 Å². The molecule has 0 spiro atoms. The van der Waals surface area contributed by atoms with Gasteiger partial charge in [0.1, 0.15) is 5.69 Å². The summed E-state index contributed by atoms with van der Waals surface area (Å²) in [5.41, 5.74) is 10.5. The van der Waals surface area contributed by atoms with E-state index in [1.165, 1.54) is 0 Å². The predicted molar refractivity (Wildman–Crippen MR) is 120 cm³/mol. The van der Waals surface area contributed by atoms with E-state index < -0.39 is 0 Å². The maximum absolute atomic E-state index is 6.18. The summed E-state index contributed by atoms with van der Waals surface area (Å²) < 4.78 is 11.0. The molecule has 0 amide bonds. The lowest BCUT2D eigenvalue weighted by Gasteiger charge is -2.16. The number of nitrogens with zero attached hydrogens (tertiary/aromatic N) is 3. The van der Waals surface area contributed by atoms with Gasteiger partial charge >= 0.3 is 0 Å². The van der Waals surface area contributed by atoms with Gasteiger partial charge in [0.05, 0.1) is 43.0 Å². The fourth-order valence-corrected chi connectivity index (χ4v) is 3.24. The minimum Gasteiger partial charge on any atom is -0.493 e. The first-order valence-electron chi connectivity index (χ1n) is 9.32. The van der Waals surface area contributed by atoms with Gasteiger partial charge in [0.2, 0.25) is 5.95 Å². The molecule has 4 rings (SSSR count). The maximum Gasteiger partial charge on any atom is 0.228 e. The lowest BCUT2D eigenvalue weighted by atomic mass is 10.1. The SMILES string of the molecule is CNc1ccc(Nc2ncc(OC)c(-c3cnc4ccccc4c3)n2)c(OC)c1N. The Labute approximate surface area is 174 Å². The molecule has 0 fully saturated rings. The molecule has 8 nitrogen and oxygen atoms in total. The molecule has 152 valence electrons. The van der Waals surface area contributed by atoms with Crippen molar-refractivity contribution in [3.63, 3.8) is 0 Å². The number of anilines is 4. The number of ether oxygens (including phenoxy) is 2. The molecule has 2 aromatic carbocycles. The van der Waals surface area contributed by atoms with Crippen molar-refractivity contribution in [2.75, 3.05) is 37.6 Å². The van der Waals surface area contributed by atoms with Gasteiger partial charge in [-0.05, 0) is 24.3 Å². The van der Waals surface area contributed by atoms with Crippen LogP contribution >= 0.6 is 0 Å². The van der Waals surface area contributed by atoms with Crippen LogP contribution in [0, 0.1) is 0 Å². The summed E-state index contributed by atoms with van der Waals surface area (Å²) in [7, 11) is 4.95. The van der Waals surface area contributed by atoms with Gasteiger partial charge < -0.3 is 25.8 Å². The molecule has 0 radical (unpaired) electrons. The topological polar surface area (TPSA) is 107 Å². The third-order valence-electron chi connectivity index (χ3n) is 4.76. The summed E-state index contributed by atoms with van der Waals surface area (Å²) in [5.74, 6) is 1.44. The van der Waals surface area contributed by atoms with Crippen molar-refractivity contribution in [1.29, 1.82) is 0 Å². The molecule has 0 bridgehead atoms. The molecule has 8 heteroatoms. The smallest absolute Gasteiger partial charge is 0.228 e. The third-order valence-corrected chi connectivity index (χ3v) is 4.76. The number of fused-ring (bicyclic) bond motifs is 1. The quantitative estimate of drug-likeness (QED) is 0.414. The molecule has 0 aliphatic heterocycles. The number of nitrogen functional groups attached to an aromatic ring is 1. The Bertz CT molecular complexity index is 1210. The summed E-state index contributed by atoms with van der Waals surface area (Å²) >= 11 is 0. The summed E-state index contributed by atoms with van der Waals surface area (Å²) in [6, 6.07) is 13.6. The van der Waals surface area contributed by atoms with Crippen molar-refractivity contribution in [2.45, 2.75) is 0 Å². The summed E-state index contributed by atoms with van der Waals surface area (Å²) in [4.78, 5) is 13.6. The highest BCUT2D eigenvalue weighted by Gasteiger charge is 2.15. The van der Waals surface area contributed by atoms with Crippen LogP contribution in [0.25, 0.3) is 22.2 Å². The van der Waals surface area contributed by atoms with E-state index in [4.69, 9.17) is 15.2 Å². The number of pyridine rings is 1. The molecule has 30 heavy (non-hydrogen) atoms. The third kappa shape index (κ3) is 3.50. The average molecular weight is 402 g/mol. The van der Waals surface area contributed by atoms with E-state index in [0.717, 1.165) is 22.2 Å². The van der Waals surface area contributed by atoms with E-state index in [1.54, 1.807) is 33.7 Å². The van der Waals surface area contributed by atoms with Crippen molar-refractivity contribution >= 4 is 33.9 Å². The summed E-state index contributed by atoms with van der Waals surface area (Å²) in [6.45, 7) is 0. The lowest BCUT2D eigenvalue weighted by Crippen LogP contribution is -2.05. The molecule has 0 unspecified atom stereocenters. The first-order chi connectivity index (χ1) is 14.6. The minimum absolute atomic E-state index is 0.383. The van der Waals surface area contributed by atoms with Crippen LogP contribution in [0.5, 0.6) is 11.5 Å². The van der Waals surface area contributed by atoms with Crippen LogP contribution in [0.2, 0.25) is 0 Å². The second kappa shape index (κ2) is 8.12. The normalized spacial score (nSPS) is 10.6.